The number of benzene rings is 1. The van der Waals surface area contributed by atoms with E-state index in [1.807, 2.05) is 0 Å². The number of nitrogens with one attached hydrogen (secondary N) is 2. The molecule has 1 heterocycles. The van der Waals surface area contributed by atoms with Gasteiger partial charge in [0.1, 0.15) is 12.4 Å². The molecule has 0 saturated carbocycles. The Morgan fingerprint density at radius 3 is 2.72 bits per heavy atom. The summed E-state index contributed by atoms with van der Waals surface area (Å²) in [5.74, 6) is 0.803. The van der Waals surface area contributed by atoms with E-state index in [4.69, 9.17) is 9.47 Å². The number of likely N-dealkylation sites (tertiary alicyclic amines) is 1. The van der Waals surface area contributed by atoms with Crippen molar-refractivity contribution in [2.75, 3.05) is 51.1 Å². The van der Waals surface area contributed by atoms with Crippen molar-refractivity contribution in [2.24, 2.45) is 5.92 Å². The van der Waals surface area contributed by atoms with Crippen LogP contribution >= 0.6 is 0 Å². The molecule has 0 aliphatic carbocycles. The number of nitrogens with zero attached hydrogens (tertiary/aromatic N) is 1. The summed E-state index contributed by atoms with van der Waals surface area (Å²) in [5.41, 5.74) is 1.11. The van der Waals surface area contributed by atoms with E-state index in [2.05, 4.69) is 22.5 Å². The molecule has 1 saturated heterocycles. The van der Waals surface area contributed by atoms with Gasteiger partial charge < -0.3 is 20.1 Å². The predicted octanol–water partition coefficient (Wildman–Crippen LogP) is 1.95. The molecule has 25 heavy (non-hydrogen) atoms. The Balaban J connectivity index is 1.98. The Labute approximate surface area is 148 Å². The fraction of sp³-hybridized carbons (Fsp3) is 0.556. The van der Waals surface area contributed by atoms with Crippen molar-refractivity contribution in [1.82, 2.24) is 4.90 Å². The largest absolute Gasteiger partial charge is 0.495 e. The molecular weight excluding hydrogens is 322 g/mol. The van der Waals surface area contributed by atoms with Crippen molar-refractivity contribution >= 4 is 23.2 Å². The molecular formula is C18H27N3O4. The third kappa shape index (κ3) is 6.03. The minimum absolute atomic E-state index is 0.0487. The lowest BCUT2D eigenvalue weighted by Gasteiger charge is -2.30. The zero-order chi connectivity index (χ0) is 18.2. The van der Waals surface area contributed by atoms with Crippen molar-refractivity contribution in [1.29, 1.82) is 0 Å². The predicted molar refractivity (Wildman–Crippen MR) is 97.0 cm³/mol. The molecule has 2 N–H and O–H groups in total. The highest BCUT2D eigenvalue weighted by molar-refractivity contribution is 5.96. The second-order valence-electron chi connectivity index (χ2n) is 6.43. The van der Waals surface area contributed by atoms with Gasteiger partial charge in [-0.15, -0.1) is 0 Å². The summed E-state index contributed by atoms with van der Waals surface area (Å²) < 4.78 is 10.1. The van der Waals surface area contributed by atoms with Crippen LogP contribution in [0.3, 0.4) is 0 Å². The highest BCUT2D eigenvalue weighted by Crippen LogP contribution is 2.28. The Bertz CT molecular complexity index is 606. The number of hydrogen-bond donors (Lipinski definition) is 2. The molecule has 138 valence electrons. The summed E-state index contributed by atoms with van der Waals surface area (Å²) in [7, 11) is 2.98. The molecule has 1 atom stereocenters. The van der Waals surface area contributed by atoms with Gasteiger partial charge >= 0.3 is 0 Å². The number of methoxy groups -OCH3 is 2. The van der Waals surface area contributed by atoms with Gasteiger partial charge in [-0.3, -0.25) is 14.5 Å². The zero-order valence-electron chi connectivity index (χ0n) is 15.1. The molecule has 1 aromatic rings. The van der Waals surface area contributed by atoms with E-state index in [1.54, 1.807) is 18.2 Å². The van der Waals surface area contributed by atoms with Gasteiger partial charge in [0, 0.05) is 19.3 Å². The lowest BCUT2D eigenvalue weighted by molar-refractivity contribution is -0.119. The normalized spacial score (nSPS) is 17.8. The van der Waals surface area contributed by atoms with Crippen LogP contribution in [0.25, 0.3) is 0 Å². The number of carbonyl (C=O) groups is 2. The fourth-order valence-electron chi connectivity index (χ4n) is 3.03. The molecule has 0 aromatic heterocycles. The summed E-state index contributed by atoms with van der Waals surface area (Å²) >= 11 is 0. The standard InChI is InChI=1S/C18H27N3O4/c1-13-5-4-8-21(10-13)11-17(22)19-14-6-7-16(25-3)15(9-14)20-18(23)12-24-2/h6-7,9,13H,4-5,8,10-12H2,1-3H3,(H,19,22)(H,20,23). The number of amides is 2. The second kappa shape index (κ2) is 9.39. The number of piperidine rings is 1. The Hall–Kier alpha value is -2.12. The summed E-state index contributed by atoms with van der Waals surface area (Å²) in [6, 6.07) is 5.14. The van der Waals surface area contributed by atoms with Gasteiger partial charge in [0.05, 0.1) is 19.3 Å². The first-order valence-corrected chi connectivity index (χ1v) is 8.51. The Morgan fingerprint density at radius 2 is 2.04 bits per heavy atom. The molecule has 2 rings (SSSR count). The molecule has 2 amide bonds. The zero-order valence-corrected chi connectivity index (χ0v) is 15.1. The molecule has 1 aliphatic heterocycles. The highest BCUT2D eigenvalue weighted by atomic mass is 16.5. The number of hydrogen-bond acceptors (Lipinski definition) is 5. The van der Waals surface area contributed by atoms with Crippen LogP contribution in [-0.4, -0.2) is 57.2 Å². The molecule has 1 aromatic carbocycles. The minimum atomic E-state index is -0.286. The van der Waals surface area contributed by atoms with Crippen molar-refractivity contribution in [3.8, 4) is 5.75 Å². The van der Waals surface area contributed by atoms with E-state index in [0.717, 1.165) is 19.5 Å². The van der Waals surface area contributed by atoms with E-state index in [-0.39, 0.29) is 18.4 Å². The van der Waals surface area contributed by atoms with Crippen LogP contribution in [0.1, 0.15) is 19.8 Å². The van der Waals surface area contributed by atoms with Crippen molar-refractivity contribution in [2.45, 2.75) is 19.8 Å². The van der Waals surface area contributed by atoms with Crippen LogP contribution in [0.5, 0.6) is 5.75 Å². The maximum atomic E-state index is 12.3. The van der Waals surface area contributed by atoms with Crippen molar-refractivity contribution in [3.63, 3.8) is 0 Å². The summed E-state index contributed by atoms with van der Waals surface area (Å²) in [4.78, 5) is 26.2. The summed E-state index contributed by atoms with van der Waals surface area (Å²) in [6.45, 7) is 4.45. The van der Waals surface area contributed by atoms with Crippen molar-refractivity contribution in [3.05, 3.63) is 18.2 Å². The van der Waals surface area contributed by atoms with E-state index >= 15 is 0 Å². The van der Waals surface area contributed by atoms with Crippen LogP contribution in [-0.2, 0) is 14.3 Å². The smallest absolute Gasteiger partial charge is 0.250 e. The molecule has 1 unspecified atom stereocenters. The maximum absolute atomic E-state index is 12.3. The molecule has 0 spiro atoms. The average Bonchev–Trinajstić information content (AvgIpc) is 2.55. The van der Waals surface area contributed by atoms with Crippen LogP contribution in [0.2, 0.25) is 0 Å². The third-order valence-corrected chi connectivity index (χ3v) is 4.14. The van der Waals surface area contributed by atoms with E-state index < -0.39 is 0 Å². The van der Waals surface area contributed by atoms with E-state index in [9.17, 15) is 9.59 Å². The highest BCUT2D eigenvalue weighted by Gasteiger charge is 2.18. The first-order chi connectivity index (χ1) is 12.0. The van der Waals surface area contributed by atoms with Crippen molar-refractivity contribution < 1.29 is 19.1 Å². The van der Waals surface area contributed by atoms with Gasteiger partial charge in [-0.1, -0.05) is 6.92 Å². The Morgan fingerprint density at radius 1 is 1.24 bits per heavy atom. The molecule has 0 radical (unpaired) electrons. The van der Waals surface area contributed by atoms with Crippen LogP contribution in [0.4, 0.5) is 11.4 Å². The summed E-state index contributed by atoms with van der Waals surface area (Å²) in [6.07, 6.45) is 2.35. The topological polar surface area (TPSA) is 79.9 Å². The minimum Gasteiger partial charge on any atom is -0.495 e. The fourth-order valence-corrected chi connectivity index (χ4v) is 3.03. The summed E-state index contributed by atoms with van der Waals surface area (Å²) in [5, 5.41) is 5.59. The number of ether oxygens (including phenoxy) is 2. The van der Waals surface area contributed by atoms with Gasteiger partial charge in [0.2, 0.25) is 11.8 Å². The van der Waals surface area contributed by atoms with Gasteiger partial charge in [0.15, 0.2) is 0 Å². The number of carbonyl (C=O) groups excluding carboxylic acids is 2. The van der Waals surface area contributed by atoms with E-state index in [1.165, 1.54) is 20.6 Å². The van der Waals surface area contributed by atoms with E-state index in [0.29, 0.717) is 29.6 Å². The monoisotopic (exact) mass is 349 g/mol. The first-order valence-electron chi connectivity index (χ1n) is 8.51. The van der Waals surface area contributed by atoms with Crippen LogP contribution in [0, 0.1) is 5.92 Å². The number of rotatable bonds is 7. The SMILES string of the molecule is COCC(=O)Nc1cc(NC(=O)CN2CCCC(C)C2)ccc1OC. The number of anilines is 2. The van der Waals surface area contributed by atoms with Gasteiger partial charge in [0.25, 0.3) is 0 Å². The first kappa shape index (κ1) is 19.2. The lowest BCUT2D eigenvalue weighted by Crippen LogP contribution is -2.39. The molecule has 1 aliphatic rings. The maximum Gasteiger partial charge on any atom is 0.250 e. The van der Waals surface area contributed by atoms with Crippen LogP contribution < -0.4 is 15.4 Å². The molecule has 0 bridgehead atoms. The Kier molecular flexibility index (Phi) is 7.21. The molecule has 7 nitrogen and oxygen atoms in total. The van der Waals surface area contributed by atoms with Gasteiger partial charge in [-0.2, -0.15) is 0 Å². The second-order valence-corrected chi connectivity index (χ2v) is 6.43. The van der Waals surface area contributed by atoms with Gasteiger partial charge in [-0.25, -0.2) is 0 Å². The average molecular weight is 349 g/mol. The van der Waals surface area contributed by atoms with Crippen LogP contribution in [0.15, 0.2) is 18.2 Å². The third-order valence-electron chi connectivity index (χ3n) is 4.14. The lowest BCUT2D eigenvalue weighted by atomic mass is 10.0. The molecule has 7 heteroatoms. The molecule has 1 fully saturated rings. The quantitative estimate of drug-likeness (QED) is 0.786. The van der Waals surface area contributed by atoms with Gasteiger partial charge in [-0.05, 0) is 43.5 Å².